The van der Waals surface area contributed by atoms with E-state index in [9.17, 15) is 9.59 Å². The number of methoxy groups -OCH3 is 1. The fourth-order valence-corrected chi connectivity index (χ4v) is 2.57. The van der Waals surface area contributed by atoms with Gasteiger partial charge in [-0.2, -0.15) is 0 Å². The molecule has 2 rings (SSSR count). The van der Waals surface area contributed by atoms with E-state index in [0.29, 0.717) is 20.8 Å². The van der Waals surface area contributed by atoms with Crippen molar-refractivity contribution in [3.8, 4) is 5.75 Å². The molecule has 0 atom stereocenters. The maximum atomic E-state index is 11.3. The number of hydrogen-bond acceptors (Lipinski definition) is 3. The summed E-state index contributed by atoms with van der Waals surface area (Å²) >= 11 is 9.32. The number of carbonyl (C=O) groups is 2. The second-order valence-electron chi connectivity index (χ2n) is 3.48. The molecule has 0 spiro atoms. The number of rotatable bonds is 2. The van der Waals surface area contributed by atoms with E-state index >= 15 is 0 Å². The molecule has 1 aromatic carbocycles. The molecule has 0 saturated carbocycles. The molecule has 1 aromatic rings. The first-order valence-corrected chi connectivity index (χ1v) is 6.05. The highest BCUT2D eigenvalue weighted by molar-refractivity contribution is 9.10. The van der Waals surface area contributed by atoms with Crippen LogP contribution in [0.1, 0.15) is 5.56 Å². The van der Waals surface area contributed by atoms with Crippen LogP contribution in [0.3, 0.4) is 0 Å². The van der Waals surface area contributed by atoms with Gasteiger partial charge in [-0.3, -0.25) is 10.1 Å². The molecule has 0 bridgehead atoms. The van der Waals surface area contributed by atoms with Gasteiger partial charge in [0.1, 0.15) is 5.70 Å². The van der Waals surface area contributed by atoms with Crippen molar-refractivity contribution in [3.63, 3.8) is 0 Å². The van der Waals surface area contributed by atoms with Crippen LogP contribution in [-0.4, -0.2) is 19.0 Å². The zero-order valence-electron chi connectivity index (χ0n) is 9.21. The molecule has 0 unspecified atom stereocenters. The lowest BCUT2D eigenvalue weighted by Crippen LogP contribution is -2.22. The van der Waals surface area contributed by atoms with E-state index < -0.39 is 11.9 Å². The van der Waals surface area contributed by atoms with E-state index in [0.717, 1.165) is 0 Å². The summed E-state index contributed by atoms with van der Waals surface area (Å²) in [7, 11) is 1.51. The minimum atomic E-state index is -0.537. The van der Waals surface area contributed by atoms with Crippen LogP contribution >= 0.6 is 27.5 Å². The summed E-state index contributed by atoms with van der Waals surface area (Å²) in [5.41, 5.74) is 0.841. The Bertz CT molecular complexity index is 548. The number of ether oxygens (including phenoxy) is 1. The molecule has 1 aliphatic heterocycles. The Hall–Kier alpha value is -1.53. The number of imide groups is 1. The van der Waals surface area contributed by atoms with Crippen LogP contribution in [0.5, 0.6) is 5.75 Å². The standard InChI is InChI=1S/C11H8BrClN2O3/c1-18-9-6(12)2-5(3-7(9)13)4-8-10(16)15-11(17)14-8/h2-4H,1H3,(H2,14,15,16,17)/b8-4-. The van der Waals surface area contributed by atoms with Crippen LogP contribution in [0.4, 0.5) is 4.79 Å². The second-order valence-corrected chi connectivity index (χ2v) is 4.75. The molecule has 1 fully saturated rings. The van der Waals surface area contributed by atoms with Gasteiger partial charge in [-0.25, -0.2) is 4.79 Å². The van der Waals surface area contributed by atoms with Crippen LogP contribution in [0.15, 0.2) is 22.3 Å². The van der Waals surface area contributed by atoms with Crippen LogP contribution in [0.2, 0.25) is 5.02 Å². The molecular formula is C11H8BrClN2O3. The molecule has 94 valence electrons. The van der Waals surface area contributed by atoms with E-state index in [1.54, 1.807) is 12.1 Å². The second kappa shape index (κ2) is 4.99. The number of amides is 3. The Morgan fingerprint density at radius 1 is 1.33 bits per heavy atom. The Balaban J connectivity index is 2.39. The Morgan fingerprint density at radius 3 is 2.56 bits per heavy atom. The fourth-order valence-electron chi connectivity index (χ4n) is 1.51. The largest absolute Gasteiger partial charge is 0.494 e. The summed E-state index contributed by atoms with van der Waals surface area (Å²) < 4.78 is 5.75. The maximum Gasteiger partial charge on any atom is 0.326 e. The van der Waals surface area contributed by atoms with E-state index in [4.69, 9.17) is 16.3 Å². The van der Waals surface area contributed by atoms with E-state index in [-0.39, 0.29) is 5.70 Å². The molecule has 7 heteroatoms. The molecule has 0 aromatic heterocycles. The van der Waals surface area contributed by atoms with Crippen molar-refractivity contribution in [1.29, 1.82) is 0 Å². The lowest BCUT2D eigenvalue weighted by Gasteiger charge is -2.07. The van der Waals surface area contributed by atoms with Gasteiger partial charge in [0.05, 0.1) is 16.6 Å². The number of halogens is 2. The third-order valence-corrected chi connectivity index (χ3v) is 3.13. The zero-order valence-corrected chi connectivity index (χ0v) is 11.6. The van der Waals surface area contributed by atoms with E-state index in [1.807, 2.05) is 0 Å². The normalized spacial score (nSPS) is 16.7. The number of urea groups is 1. The minimum Gasteiger partial charge on any atom is -0.494 e. The molecule has 1 aliphatic rings. The van der Waals surface area contributed by atoms with Gasteiger partial charge in [-0.15, -0.1) is 0 Å². The lowest BCUT2D eigenvalue weighted by atomic mass is 10.2. The summed E-state index contributed by atoms with van der Waals surface area (Å²) in [6, 6.07) is 2.83. The van der Waals surface area contributed by atoms with Gasteiger partial charge in [0, 0.05) is 0 Å². The first kappa shape index (κ1) is 12.9. The van der Waals surface area contributed by atoms with Gasteiger partial charge >= 0.3 is 6.03 Å². The van der Waals surface area contributed by atoms with Crippen molar-refractivity contribution < 1.29 is 14.3 Å². The smallest absolute Gasteiger partial charge is 0.326 e. The number of hydrogen-bond donors (Lipinski definition) is 2. The van der Waals surface area contributed by atoms with Crippen molar-refractivity contribution in [2.45, 2.75) is 0 Å². The van der Waals surface area contributed by atoms with Crippen LogP contribution in [-0.2, 0) is 4.79 Å². The Labute approximate surface area is 116 Å². The molecule has 1 saturated heterocycles. The monoisotopic (exact) mass is 330 g/mol. The van der Waals surface area contributed by atoms with Gasteiger partial charge in [-0.1, -0.05) is 11.6 Å². The molecule has 0 aliphatic carbocycles. The topological polar surface area (TPSA) is 67.4 Å². The summed E-state index contributed by atoms with van der Waals surface area (Å²) in [5, 5.41) is 4.91. The number of benzene rings is 1. The van der Waals surface area contributed by atoms with Crippen molar-refractivity contribution in [2.75, 3.05) is 7.11 Å². The fraction of sp³-hybridized carbons (Fsp3) is 0.0909. The van der Waals surface area contributed by atoms with Crippen LogP contribution in [0, 0.1) is 0 Å². The first-order valence-electron chi connectivity index (χ1n) is 4.88. The highest BCUT2D eigenvalue weighted by atomic mass is 79.9. The number of nitrogens with one attached hydrogen (secondary N) is 2. The molecule has 3 amide bonds. The average Bonchev–Trinajstić information content (AvgIpc) is 2.57. The van der Waals surface area contributed by atoms with Gasteiger partial charge in [-0.05, 0) is 39.7 Å². The highest BCUT2D eigenvalue weighted by Gasteiger charge is 2.22. The predicted molar refractivity (Wildman–Crippen MR) is 70.4 cm³/mol. The zero-order chi connectivity index (χ0) is 13.3. The van der Waals surface area contributed by atoms with Crippen molar-refractivity contribution in [1.82, 2.24) is 10.6 Å². The van der Waals surface area contributed by atoms with Gasteiger partial charge in [0.15, 0.2) is 5.75 Å². The molecule has 1 heterocycles. The Morgan fingerprint density at radius 2 is 2.06 bits per heavy atom. The quantitative estimate of drug-likeness (QED) is 0.645. The summed E-state index contributed by atoms with van der Waals surface area (Å²) in [6.07, 6.45) is 1.52. The number of carbonyl (C=O) groups excluding carboxylic acids is 2. The van der Waals surface area contributed by atoms with Gasteiger partial charge in [0.2, 0.25) is 0 Å². The third kappa shape index (κ3) is 2.49. The lowest BCUT2D eigenvalue weighted by molar-refractivity contribution is -0.115. The summed E-state index contributed by atoms with van der Waals surface area (Å²) in [4.78, 5) is 22.3. The predicted octanol–water partition coefficient (Wildman–Crippen LogP) is 2.29. The van der Waals surface area contributed by atoms with Gasteiger partial charge < -0.3 is 10.1 Å². The highest BCUT2D eigenvalue weighted by Crippen LogP contribution is 2.34. The minimum absolute atomic E-state index is 0.174. The molecule has 18 heavy (non-hydrogen) atoms. The maximum absolute atomic E-state index is 11.3. The van der Waals surface area contributed by atoms with Crippen LogP contribution < -0.4 is 15.4 Å². The van der Waals surface area contributed by atoms with E-state index in [2.05, 4.69) is 26.6 Å². The van der Waals surface area contributed by atoms with Gasteiger partial charge in [0.25, 0.3) is 5.91 Å². The van der Waals surface area contributed by atoms with E-state index in [1.165, 1.54) is 13.2 Å². The Kier molecular flexibility index (Phi) is 3.58. The summed E-state index contributed by atoms with van der Waals surface area (Å²) in [6.45, 7) is 0. The molecular weight excluding hydrogens is 323 g/mol. The molecule has 0 radical (unpaired) electrons. The summed E-state index contributed by atoms with van der Waals surface area (Å²) in [5.74, 6) is 0.0433. The molecule has 5 nitrogen and oxygen atoms in total. The first-order chi connectivity index (χ1) is 8.51. The van der Waals surface area contributed by atoms with Crippen molar-refractivity contribution in [3.05, 3.63) is 32.9 Å². The SMILES string of the molecule is COc1c(Cl)cc(/C=C2\NC(=O)NC2=O)cc1Br. The third-order valence-electron chi connectivity index (χ3n) is 2.26. The average molecular weight is 332 g/mol. The molecule has 2 N–H and O–H groups in total. The van der Waals surface area contributed by atoms with Crippen molar-refractivity contribution in [2.24, 2.45) is 0 Å². The van der Waals surface area contributed by atoms with Crippen LogP contribution in [0.25, 0.3) is 6.08 Å². The van der Waals surface area contributed by atoms with Crippen molar-refractivity contribution >= 4 is 45.5 Å².